The molecule has 0 aliphatic carbocycles. The second-order valence-electron chi connectivity index (χ2n) is 7.10. The monoisotopic (exact) mass is 434 g/mol. The SMILES string of the molecule is Cc1ccc2c(Cn3cnc4cc(-c5ccc(Cl)cc5)sc4c3=O)cc(=O)oc2c1. The van der Waals surface area contributed by atoms with Crippen molar-refractivity contribution in [2.24, 2.45) is 0 Å². The zero-order valence-corrected chi connectivity index (χ0v) is 17.5. The third-order valence-electron chi connectivity index (χ3n) is 4.96. The zero-order chi connectivity index (χ0) is 20.8. The first-order valence-corrected chi connectivity index (χ1v) is 10.5. The van der Waals surface area contributed by atoms with Crippen LogP contribution in [0.5, 0.6) is 0 Å². The molecule has 0 spiro atoms. The predicted molar refractivity (Wildman–Crippen MR) is 121 cm³/mol. The minimum absolute atomic E-state index is 0.140. The first-order chi connectivity index (χ1) is 14.5. The van der Waals surface area contributed by atoms with Crippen LogP contribution in [-0.2, 0) is 6.54 Å². The van der Waals surface area contributed by atoms with Gasteiger partial charge in [0.25, 0.3) is 5.56 Å². The second kappa shape index (κ2) is 7.23. The maximum Gasteiger partial charge on any atom is 0.336 e. The number of fused-ring (bicyclic) bond motifs is 2. The highest BCUT2D eigenvalue weighted by Crippen LogP contribution is 2.31. The van der Waals surface area contributed by atoms with E-state index in [4.69, 9.17) is 16.0 Å². The molecule has 0 atom stereocenters. The highest BCUT2D eigenvalue weighted by atomic mass is 35.5. The zero-order valence-electron chi connectivity index (χ0n) is 15.9. The quantitative estimate of drug-likeness (QED) is 0.364. The molecule has 0 aliphatic heterocycles. The fourth-order valence-electron chi connectivity index (χ4n) is 3.47. The molecule has 0 saturated carbocycles. The van der Waals surface area contributed by atoms with Gasteiger partial charge in [0.1, 0.15) is 10.3 Å². The fraction of sp³-hybridized carbons (Fsp3) is 0.0870. The van der Waals surface area contributed by atoms with Crippen molar-refractivity contribution in [3.05, 3.63) is 97.8 Å². The van der Waals surface area contributed by atoms with Crippen molar-refractivity contribution in [3.8, 4) is 10.4 Å². The van der Waals surface area contributed by atoms with Crippen LogP contribution in [-0.4, -0.2) is 9.55 Å². The molecule has 0 bridgehead atoms. The summed E-state index contributed by atoms with van der Waals surface area (Å²) in [5, 5.41) is 1.47. The van der Waals surface area contributed by atoms with Gasteiger partial charge in [-0.05, 0) is 47.9 Å². The molecule has 5 nitrogen and oxygen atoms in total. The summed E-state index contributed by atoms with van der Waals surface area (Å²) < 4.78 is 7.42. The molecule has 0 aliphatic rings. The number of nitrogens with zero attached hydrogens (tertiary/aromatic N) is 2. The molecule has 2 aromatic carbocycles. The second-order valence-corrected chi connectivity index (χ2v) is 8.59. The number of rotatable bonds is 3. The third-order valence-corrected chi connectivity index (χ3v) is 6.37. The summed E-state index contributed by atoms with van der Waals surface area (Å²) in [6.45, 7) is 2.17. The van der Waals surface area contributed by atoms with Crippen molar-refractivity contribution in [2.75, 3.05) is 0 Å². The normalized spacial score (nSPS) is 11.4. The maximum absolute atomic E-state index is 13.1. The summed E-state index contributed by atoms with van der Waals surface area (Å²) >= 11 is 7.37. The molecule has 0 amide bonds. The average molecular weight is 435 g/mol. The highest BCUT2D eigenvalue weighted by molar-refractivity contribution is 7.22. The van der Waals surface area contributed by atoms with Gasteiger partial charge in [-0.2, -0.15) is 0 Å². The van der Waals surface area contributed by atoms with Crippen molar-refractivity contribution in [1.82, 2.24) is 9.55 Å². The van der Waals surface area contributed by atoms with Crippen LogP contribution in [0.4, 0.5) is 0 Å². The van der Waals surface area contributed by atoms with Crippen LogP contribution in [0.15, 0.2) is 74.9 Å². The molecule has 3 heterocycles. The van der Waals surface area contributed by atoms with E-state index in [1.807, 2.05) is 55.5 Å². The first kappa shape index (κ1) is 18.8. The standard InChI is InChI=1S/C23H15ClN2O3S/c1-13-2-7-17-15(9-21(27)29-19(17)8-13)11-26-12-25-18-10-20(30-22(18)23(26)28)14-3-5-16(24)6-4-14/h2-10,12H,11H2,1H3. The lowest BCUT2D eigenvalue weighted by molar-refractivity contribution is 0.557. The van der Waals surface area contributed by atoms with Crippen molar-refractivity contribution in [2.45, 2.75) is 13.5 Å². The van der Waals surface area contributed by atoms with E-state index < -0.39 is 5.63 Å². The Labute approximate surface area is 179 Å². The number of aromatic nitrogens is 2. The van der Waals surface area contributed by atoms with Crippen molar-refractivity contribution >= 4 is 44.1 Å². The molecule has 0 radical (unpaired) electrons. The summed E-state index contributed by atoms with van der Waals surface area (Å²) in [6.07, 6.45) is 1.53. The number of hydrogen-bond donors (Lipinski definition) is 0. The molecule has 0 fully saturated rings. The van der Waals surface area contributed by atoms with Crippen molar-refractivity contribution < 1.29 is 4.42 Å². The Kier molecular flexibility index (Phi) is 4.53. The van der Waals surface area contributed by atoms with Crippen LogP contribution in [0, 0.1) is 6.92 Å². The first-order valence-electron chi connectivity index (χ1n) is 9.26. The highest BCUT2D eigenvalue weighted by Gasteiger charge is 2.13. The van der Waals surface area contributed by atoms with Gasteiger partial charge in [0, 0.05) is 21.4 Å². The molecule has 3 aromatic heterocycles. The Bertz CT molecular complexity index is 1530. The lowest BCUT2D eigenvalue weighted by Gasteiger charge is -2.08. The maximum atomic E-state index is 13.1. The third kappa shape index (κ3) is 3.34. The molecular weight excluding hydrogens is 420 g/mol. The molecule has 0 N–H and O–H groups in total. The lowest BCUT2D eigenvalue weighted by Crippen LogP contribution is -2.21. The van der Waals surface area contributed by atoms with Crippen LogP contribution in [0.2, 0.25) is 5.02 Å². The van der Waals surface area contributed by atoms with Crippen LogP contribution >= 0.6 is 22.9 Å². The minimum Gasteiger partial charge on any atom is -0.423 e. The van der Waals surface area contributed by atoms with Gasteiger partial charge in [0.2, 0.25) is 0 Å². The Balaban J connectivity index is 1.60. The summed E-state index contributed by atoms with van der Waals surface area (Å²) in [6, 6.07) is 16.5. The van der Waals surface area contributed by atoms with Gasteiger partial charge < -0.3 is 4.42 Å². The van der Waals surface area contributed by atoms with Gasteiger partial charge in [-0.3, -0.25) is 9.36 Å². The fourth-order valence-corrected chi connectivity index (χ4v) is 4.66. The summed E-state index contributed by atoms with van der Waals surface area (Å²) in [7, 11) is 0. The number of benzene rings is 2. The van der Waals surface area contributed by atoms with Crippen molar-refractivity contribution in [1.29, 1.82) is 0 Å². The van der Waals surface area contributed by atoms with Gasteiger partial charge in [0.15, 0.2) is 0 Å². The minimum atomic E-state index is -0.439. The molecule has 30 heavy (non-hydrogen) atoms. The summed E-state index contributed by atoms with van der Waals surface area (Å²) in [4.78, 5) is 30.5. The predicted octanol–water partition coefficient (Wildman–Crippen LogP) is 5.24. The van der Waals surface area contributed by atoms with Gasteiger partial charge in [-0.25, -0.2) is 9.78 Å². The van der Waals surface area contributed by atoms with E-state index in [1.165, 1.54) is 28.3 Å². The van der Waals surface area contributed by atoms with Gasteiger partial charge >= 0.3 is 5.63 Å². The van der Waals surface area contributed by atoms with Gasteiger partial charge in [-0.1, -0.05) is 35.9 Å². The van der Waals surface area contributed by atoms with E-state index in [0.717, 1.165) is 27.0 Å². The van der Waals surface area contributed by atoms with Crippen molar-refractivity contribution in [3.63, 3.8) is 0 Å². The molecular formula is C23H15ClN2O3S. The number of aryl methyl sites for hydroxylation is 1. The van der Waals surface area contributed by atoms with Gasteiger partial charge in [-0.15, -0.1) is 11.3 Å². The topological polar surface area (TPSA) is 65.1 Å². The smallest absolute Gasteiger partial charge is 0.336 e. The van der Waals surface area contributed by atoms with E-state index in [0.29, 0.717) is 20.8 Å². The molecule has 0 saturated heterocycles. The lowest BCUT2D eigenvalue weighted by atomic mass is 10.1. The molecule has 5 aromatic rings. The van der Waals surface area contributed by atoms with E-state index in [1.54, 1.807) is 0 Å². The largest absolute Gasteiger partial charge is 0.423 e. The number of halogens is 1. The van der Waals surface area contributed by atoms with E-state index in [2.05, 4.69) is 4.98 Å². The van der Waals surface area contributed by atoms with Crippen LogP contribution in [0.1, 0.15) is 11.1 Å². The Hall–Kier alpha value is -3.22. The molecule has 0 unspecified atom stereocenters. The molecule has 7 heteroatoms. The average Bonchev–Trinajstić information content (AvgIpc) is 3.15. The number of thiophene rings is 1. The summed E-state index contributed by atoms with van der Waals surface area (Å²) in [5.41, 5.74) is 3.29. The summed E-state index contributed by atoms with van der Waals surface area (Å²) in [5.74, 6) is 0. The number of hydrogen-bond acceptors (Lipinski definition) is 5. The Morgan fingerprint density at radius 1 is 1.07 bits per heavy atom. The Morgan fingerprint density at radius 2 is 1.87 bits per heavy atom. The van der Waals surface area contributed by atoms with Crippen LogP contribution < -0.4 is 11.2 Å². The molecule has 148 valence electrons. The van der Waals surface area contributed by atoms with Crippen LogP contribution in [0.3, 0.4) is 0 Å². The van der Waals surface area contributed by atoms with E-state index in [-0.39, 0.29) is 12.1 Å². The Morgan fingerprint density at radius 3 is 2.67 bits per heavy atom. The van der Waals surface area contributed by atoms with E-state index >= 15 is 0 Å². The van der Waals surface area contributed by atoms with Gasteiger partial charge in [0.05, 0.1) is 18.4 Å². The molecule has 5 rings (SSSR count). The van der Waals surface area contributed by atoms with Crippen LogP contribution in [0.25, 0.3) is 31.6 Å². The van der Waals surface area contributed by atoms with E-state index in [9.17, 15) is 9.59 Å².